The first-order chi connectivity index (χ1) is 26.6. The minimum Gasteiger partial charge on any atom is -0.456 e. The van der Waals surface area contributed by atoms with Gasteiger partial charge in [-0.05, 0) is 101 Å². The van der Waals surface area contributed by atoms with Crippen molar-refractivity contribution in [2.24, 2.45) is 0 Å². The average molecular weight is 686 g/mol. The van der Waals surface area contributed by atoms with E-state index in [0.717, 1.165) is 49.2 Å². The molecule has 0 N–H and O–H groups in total. The highest BCUT2D eigenvalue weighted by Crippen LogP contribution is 2.53. The lowest BCUT2D eigenvalue weighted by Crippen LogP contribution is -2.55. The molecule has 244 valence electrons. The second-order valence-corrected chi connectivity index (χ2v) is 15.5. The van der Waals surface area contributed by atoms with Gasteiger partial charge in [0.25, 0.3) is 0 Å². The van der Waals surface area contributed by atoms with E-state index < -0.39 is 0 Å². The van der Waals surface area contributed by atoms with Gasteiger partial charge in [0.05, 0.1) is 0 Å². The fourth-order valence-corrected chi connectivity index (χ4v) is 9.51. The smallest absolute Gasteiger partial charge is 0.140 e. The number of fused-ring (bicyclic) bond motifs is 7. The number of hydrogen-bond donors (Lipinski definition) is 0. The van der Waals surface area contributed by atoms with Crippen LogP contribution in [-0.2, 0) is 5.41 Å². The van der Waals surface area contributed by atoms with E-state index in [1.165, 1.54) is 55.1 Å². The summed E-state index contributed by atoms with van der Waals surface area (Å²) in [5, 5.41) is 9.13. The Kier molecular flexibility index (Phi) is 6.71. The summed E-state index contributed by atoms with van der Waals surface area (Å²) in [5.41, 5.74) is 14.3. The topological polar surface area (TPSA) is 13.1 Å². The predicted octanol–water partition coefficient (Wildman–Crippen LogP) is 7.76. The zero-order valence-electron chi connectivity index (χ0n) is 30.4. The second-order valence-electron chi connectivity index (χ2n) is 15.5. The van der Waals surface area contributed by atoms with Gasteiger partial charge >= 0.3 is 0 Å². The van der Waals surface area contributed by atoms with Crippen molar-refractivity contribution in [2.75, 3.05) is 0 Å². The minimum absolute atomic E-state index is 0.189. The molecule has 9 aromatic carbocycles. The molecule has 1 aliphatic rings. The molecule has 0 saturated heterocycles. The summed E-state index contributed by atoms with van der Waals surface area (Å²) >= 11 is 0. The van der Waals surface area contributed by atoms with Crippen molar-refractivity contribution >= 4 is 121 Å². The first-order valence-corrected chi connectivity index (χ1v) is 18.5. The Labute approximate surface area is 326 Å². The Morgan fingerprint density at radius 1 is 0.436 bits per heavy atom. The van der Waals surface area contributed by atoms with Gasteiger partial charge in [-0.3, -0.25) is 0 Å². The monoisotopic (exact) mass is 686 g/mol. The summed E-state index contributed by atoms with van der Waals surface area (Å²) in [4.78, 5) is 0. The maximum absolute atomic E-state index is 6.56. The van der Waals surface area contributed by atoms with E-state index in [1.807, 2.05) is 12.1 Å². The number of hydrogen-bond acceptors (Lipinski definition) is 1. The lowest BCUT2D eigenvalue weighted by Gasteiger charge is -2.23. The van der Waals surface area contributed by atoms with E-state index in [1.54, 1.807) is 0 Å². The second kappa shape index (κ2) is 11.3. The Morgan fingerprint density at radius 3 is 1.69 bits per heavy atom. The summed E-state index contributed by atoms with van der Waals surface area (Å²) in [7, 11) is 31.9. The highest BCUT2D eigenvalue weighted by Gasteiger charge is 2.38. The van der Waals surface area contributed by atoms with Gasteiger partial charge in [0.2, 0.25) is 0 Å². The molecular formula is C49H27B5O. The minimum atomic E-state index is -0.189. The molecule has 6 heteroatoms. The quantitative estimate of drug-likeness (QED) is 0.137. The van der Waals surface area contributed by atoms with Crippen LogP contribution in [0, 0.1) is 0 Å². The molecule has 0 unspecified atom stereocenters. The van der Waals surface area contributed by atoms with Crippen LogP contribution < -0.4 is 27.3 Å². The van der Waals surface area contributed by atoms with Crippen molar-refractivity contribution < 1.29 is 4.42 Å². The van der Waals surface area contributed by atoms with Gasteiger partial charge in [0.1, 0.15) is 50.4 Å². The maximum atomic E-state index is 6.56. The van der Waals surface area contributed by atoms with Gasteiger partial charge in [0.15, 0.2) is 0 Å². The Balaban J connectivity index is 1.02. The first kappa shape index (κ1) is 32.6. The number of furan rings is 1. The van der Waals surface area contributed by atoms with Crippen LogP contribution in [0.5, 0.6) is 0 Å². The highest BCUT2D eigenvalue weighted by molar-refractivity contribution is 6.69. The fourth-order valence-electron chi connectivity index (χ4n) is 9.51. The molecule has 0 atom stereocenters. The van der Waals surface area contributed by atoms with Crippen molar-refractivity contribution in [2.45, 2.75) is 19.3 Å². The fraction of sp³-hybridized carbons (Fsp3) is 0.0612. The Bertz CT molecular complexity index is 3250. The van der Waals surface area contributed by atoms with Gasteiger partial charge in [0, 0.05) is 21.8 Å². The molecule has 10 aromatic rings. The molecule has 1 aromatic heterocycles. The molecule has 0 amide bonds. The van der Waals surface area contributed by atoms with E-state index in [4.69, 9.17) is 43.6 Å². The van der Waals surface area contributed by atoms with Crippen molar-refractivity contribution in [3.63, 3.8) is 0 Å². The predicted molar refractivity (Wildman–Crippen MR) is 238 cm³/mol. The lowest BCUT2D eigenvalue weighted by atomic mass is 9.59. The third-order valence-corrected chi connectivity index (χ3v) is 12.3. The summed E-state index contributed by atoms with van der Waals surface area (Å²) in [6.45, 7) is 4.62. The Morgan fingerprint density at radius 2 is 0.982 bits per heavy atom. The van der Waals surface area contributed by atoms with Crippen LogP contribution in [0.3, 0.4) is 0 Å². The molecule has 1 nitrogen and oxygen atoms in total. The van der Waals surface area contributed by atoms with Crippen LogP contribution in [0.15, 0.2) is 132 Å². The molecule has 11 rings (SSSR count). The molecular weight excluding hydrogens is 659 g/mol. The van der Waals surface area contributed by atoms with Crippen LogP contribution in [-0.4, -0.2) is 39.2 Å². The molecule has 1 aliphatic carbocycles. The third-order valence-electron chi connectivity index (χ3n) is 12.3. The number of benzene rings is 9. The number of rotatable bonds is 3. The molecule has 0 saturated carbocycles. The van der Waals surface area contributed by atoms with Crippen LogP contribution in [0.1, 0.15) is 25.0 Å². The summed E-state index contributed by atoms with van der Waals surface area (Å²) in [5.74, 6) is 0. The summed E-state index contributed by atoms with van der Waals surface area (Å²) in [6.07, 6.45) is 0. The van der Waals surface area contributed by atoms with Gasteiger partial charge < -0.3 is 4.42 Å². The maximum Gasteiger partial charge on any atom is 0.140 e. The van der Waals surface area contributed by atoms with Crippen LogP contribution >= 0.6 is 0 Å². The standard InChI is InChI=1S/C49H27B5O/c1-49(2)37-22-15-28(23-36(37)34-20-21-35-30-5-3-4-6-38(30)55-48(35)42(34)49)24-7-9-25(10-8-24)29-16-11-26-13-18-32-33(19-14-27-12-17-31(29)39(26)40(27)32)41-43(50)45(52)47(54)46(53)44(41)51/h3-23H,1-2H3. The molecule has 0 spiro atoms. The van der Waals surface area contributed by atoms with Gasteiger partial charge in [-0.2, -0.15) is 0 Å². The van der Waals surface area contributed by atoms with Crippen molar-refractivity contribution in [3.8, 4) is 44.5 Å². The van der Waals surface area contributed by atoms with E-state index in [-0.39, 0.29) is 21.8 Å². The SMILES string of the molecule is [B]c1c([B])c([B])c(-c2ccc3ccc4c(-c5ccc(-c6ccc7c(c6)-c6ccc8c(oc9ccccc98)c6C7(C)C)cc5)ccc5ccc2c3c54)c([B])c1[B]. The normalized spacial score (nSPS) is 13.4. The van der Waals surface area contributed by atoms with E-state index in [9.17, 15) is 0 Å². The molecule has 10 radical (unpaired) electrons. The largest absolute Gasteiger partial charge is 0.456 e. The van der Waals surface area contributed by atoms with Gasteiger partial charge in [-0.25, -0.2) is 0 Å². The van der Waals surface area contributed by atoms with Crippen molar-refractivity contribution in [3.05, 3.63) is 139 Å². The molecule has 55 heavy (non-hydrogen) atoms. The zero-order valence-corrected chi connectivity index (χ0v) is 30.4. The van der Waals surface area contributed by atoms with E-state index in [2.05, 4.69) is 129 Å². The summed E-state index contributed by atoms with van der Waals surface area (Å²) < 4.78 is 6.52. The van der Waals surface area contributed by atoms with Crippen LogP contribution in [0.4, 0.5) is 0 Å². The first-order valence-electron chi connectivity index (χ1n) is 18.5. The van der Waals surface area contributed by atoms with Crippen molar-refractivity contribution in [1.29, 1.82) is 0 Å². The number of para-hydroxylation sites is 1. The van der Waals surface area contributed by atoms with E-state index >= 15 is 0 Å². The average Bonchev–Trinajstić information content (AvgIpc) is 3.70. The molecule has 1 heterocycles. The van der Waals surface area contributed by atoms with Gasteiger partial charge in [-0.1, -0.05) is 134 Å². The molecule has 0 aliphatic heterocycles. The van der Waals surface area contributed by atoms with Crippen LogP contribution in [0.25, 0.3) is 98.8 Å². The molecule has 0 bridgehead atoms. The summed E-state index contributed by atoms with van der Waals surface area (Å²) in [6, 6.07) is 45.9. The third kappa shape index (κ3) is 4.37. The zero-order chi connectivity index (χ0) is 37.5. The van der Waals surface area contributed by atoms with Gasteiger partial charge in [-0.15, -0.1) is 16.4 Å². The van der Waals surface area contributed by atoms with E-state index in [0.29, 0.717) is 16.5 Å². The molecule has 0 fully saturated rings. The highest BCUT2D eigenvalue weighted by atomic mass is 16.3. The lowest BCUT2D eigenvalue weighted by molar-refractivity contribution is 0.620. The van der Waals surface area contributed by atoms with Crippen molar-refractivity contribution in [1.82, 2.24) is 0 Å². The Hall–Kier alpha value is -5.86. The van der Waals surface area contributed by atoms with Crippen LogP contribution in [0.2, 0.25) is 0 Å².